The maximum Gasteiger partial charge on any atom is 0.265 e. The molecule has 0 bridgehead atoms. The van der Waals surface area contributed by atoms with Gasteiger partial charge in [-0.3, -0.25) is 9.36 Å². The van der Waals surface area contributed by atoms with Crippen LogP contribution >= 0.6 is 0 Å². The summed E-state index contributed by atoms with van der Waals surface area (Å²) in [7, 11) is 0. The van der Waals surface area contributed by atoms with Gasteiger partial charge in [-0.05, 0) is 31.4 Å². The molecule has 1 saturated heterocycles. The first-order valence-electron chi connectivity index (χ1n) is 12.0. The molecule has 168 valence electrons. The van der Waals surface area contributed by atoms with Gasteiger partial charge in [0.05, 0.1) is 30.0 Å². The number of benzene rings is 1. The predicted octanol–water partition coefficient (Wildman–Crippen LogP) is 4.83. The zero-order valence-electron chi connectivity index (χ0n) is 18.8. The lowest BCUT2D eigenvalue weighted by atomic mass is 10.1. The quantitative estimate of drug-likeness (QED) is 0.353. The molecule has 0 unspecified atom stereocenters. The van der Waals surface area contributed by atoms with E-state index in [9.17, 15) is 4.79 Å². The Morgan fingerprint density at radius 1 is 1.03 bits per heavy atom. The highest BCUT2D eigenvalue weighted by molar-refractivity contribution is 6.04. The molecule has 1 aliphatic heterocycles. The number of ether oxygens (including phenoxy) is 1. The van der Waals surface area contributed by atoms with E-state index in [1.165, 1.54) is 25.7 Å². The molecule has 0 aliphatic carbocycles. The highest BCUT2D eigenvalue weighted by atomic mass is 16.5. The second kappa shape index (κ2) is 9.36. The monoisotopic (exact) mass is 433 g/mol. The largest absolute Gasteiger partial charge is 0.376 e. The van der Waals surface area contributed by atoms with Crippen LogP contribution in [0.4, 0.5) is 0 Å². The molecule has 32 heavy (non-hydrogen) atoms. The molecular formula is C25H31N5O2. The van der Waals surface area contributed by atoms with Crippen molar-refractivity contribution in [2.45, 2.75) is 77.5 Å². The average Bonchev–Trinajstić information content (AvgIpc) is 3.43. The summed E-state index contributed by atoms with van der Waals surface area (Å²) in [5.74, 6) is 0. The van der Waals surface area contributed by atoms with Crippen LogP contribution in [-0.4, -0.2) is 36.8 Å². The van der Waals surface area contributed by atoms with Crippen LogP contribution in [0.2, 0.25) is 0 Å². The van der Waals surface area contributed by atoms with E-state index in [-0.39, 0.29) is 11.7 Å². The van der Waals surface area contributed by atoms with Gasteiger partial charge in [0.25, 0.3) is 5.56 Å². The van der Waals surface area contributed by atoms with E-state index in [0.717, 1.165) is 55.5 Å². The molecule has 7 heteroatoms. The molecule has 1 aliphatic rings. The third-order valence-electron chi connectivity index (χ3n) is 6.48. The van der Waals surface area contributed by atoms with Crippen molar-refractivity contribution in [2.24, 2.45) is 0 Å². The molecule has 0 N–H and O–H groups in total. The maximum absolute atomic E-state index is 13.5. The SMILES string of the molecule is CCCCCCCCn1c2nc3ccccc3nc2c2c(=O)n(C[C@H]3CCCO3)cnc21. The van der Waals surface area contributed by atoms with Gasteiger partial charge < -0.3 is 9.30 Å². The van der Waals surface area contributed by atoms with Crippen LogP contribution in [0.25, 0.3) is 33.2 Å². The number of fused-ring (bicyclic) bond motifs is 4. The summed E-state index contributed by atoms with van der Waals surface area (Å²) in [5.41, 5.74) is 3.69. The number of nitrogens with zero attached hydrogens (tertiary/aromatic N) is 5. The Morgan fingerprint density at radius 2 is 1.81 bits per heavy atom. The fourth-order valence-electron chi connectivity index (χ4n) is 4.74. The highest BCUT2D eigenvalue weighted by Crippen LogP contribution is 2.26. The lowest BCUT2D eigenvalue weighted by Gasteiger charge is -2.11. The van der Waals surface area contributed by atoms with Gasteiger partial charge in [-0.2, -0.15) is 0 Å². The fourth-order valence-corrected chi connectivity index (χ4v) is 4.74. The summed E-state index contributed by atoms with van der Waals surface area (Å²) in [4.78, 5) is 28.0. The number of para-hydroxylation sites is 2. The molecule has 4 aromatic rings. The van der Waals surface area contributed by atoms with Crippen LogP contribution in [0, 0.1) is 0 Å². The van der Waals surface area contributed by atoms with Crippen molar-refractivity contribution >= 4 is 33.2 Å². The van der Waals surface area contributed by atoms with E-state index in [1.807, 2.05) is 24.3 Å². The van der Waals surface area contributed by atoms with E-state index in [1.54, 1.807) is 10.9 Å². The smallest absolute Gasteiger partial charge is 0.265 e. The fraction of sp³-hybridized carbons (Fsp3) is 0.520. The van der Waals surface area contributed by atoms with Gasteiger partial charge in [0.15, 0.2) is 11.3 Å². The molecule has 4 heterocycles. The van der Waals surface area contributed by atoms with Crippen LogP contribution < -0.4 is 5.56 Å². The van der Waals surface area contributed by atoms with Crippen LogP contribution in [0.15, 0.2) is 35.4 Å². The van der Waals surface area contributed by atoms with Crippen molar-refractivity contribution in [2.75, 3.05) is 6.61 Å². The second-order valence-electron chi connectivity index (χ2n) is 8.84. The first-order chi connectivity index (χ1) is 15.8. The Balaban J connectivity index is 1.57. The average molecular weight is 434 g/mol. The zero-order chi connectivity index (χ0) is 21.9. The normalized spacial score (nSPS) is 16.6. The Morgan fingerprint density at radius 3 is 2.59 bits per heavy atom. The van der Waals surface area contributed by atoms with Crippen LogP contribution in [0.1, 0.15) is 58.3 Å². The molecule has 1 atom stereocenters. The molecule has 0 spiro atoms. The number of rotatable bonds is 9. The molecule has 1 fully saturated rings. The predicted molar refractivity (Wildman–Crippen MR) is 127 cm³/mol. The minimum absolute atomic E-state index is 0.0539. The van der Waals surface area contributed by atoms with Crippen molar-refractivity contribution in [3.63, 3.8) is 0 Å². The first-order valence-corrected chi connectivity index (χ1v) is 12.0. The van der Waals surface area contributed by atoms with Crippen LogP contribution in [-0.2, 0) is 17.8 Å². The van der Waals surface area contributed by atoms with E-state index in [0.29, 0.717) is 23.1 Å². The minimum Gasteiger partial charge on any atom is -0.376 e. The second-order valence-corrected chi connectivity index (χ2v) is 8.84. The highest BCUT2D eigenvalue weighted by Gasteiger charge is 2.22. The number of hydrogen-bond acceptors (Lipinski definition) is 5. The Kier molecular flexibility index (Phi) is 6.17. The lowest BCUT2D eigenvalue weighted by Crippen LogP contribution is -2.26. The van der Waals surface area contributed by atoms with Crippen molar-refractivity contribution in [1.82, 2.24) is 24.1 Å². The van der Waals surface area contributed by atoms with E-state index in [4.69, 9.17) is 19.7 Å². The molecule has 7 nitrogen and oxygen atoms in total. The molecule has 3 aromatic heterocycles. The van der Waals surface area contributed by atoms with Gasteiger partial charge in [0, 0.05) is 13.2 Å². The van der Waals surface area contributed by atoms with Crippen LogP contribution in [0.3, 0.4) is 0 Å². The summed E-state index contributed by atoms with van der Waals surface area (Å²) in [5, 5.41) is 0.574. The molecule has 0 amide bonds. The summed E-state index contributed by atoms with van der Waals surface area (Å²) in [6.07, 6.45) is 11.0. The third-order valence-corrected chi connectivity index (χ3v) is 6.48. The Hall–Kier alpha value is -2.80. The molecule has 0 radical (unpaired) electrons. The minimum atomic E-state index is -0.0539. The van der Waals surface area contributed by atoms with E-state index >= 15 is 0 Å². The summed E-state index contributed by atoms with van der Waals surface area (Å²) < 4.78 is 9.53. The number of aryl methyl sites for hydroxylation is 1. The number of hydrogen-bond donors (Lipinski definition) is 0. The van der Waals surface area contributed by atoms with Gasteiger partial charge >= 0.3 is 0 Å². The molecule has 0 saturated carbocycles. The Bertz CT molecular complexity index is 1290. The van der Waals surface area contributed by atoms with Gasteiger partial charge in [-0.1, -0.05) is 51.2 Å². The van der Waals surface area contributed by atoms with Gasteiger partial charge in [0.1, 0.15) is 10.9 Å². The maximum atomic E-state index is 13.5. The van der Waals surface area contributed by atoms with Crippen molar-refractivity contribution < 1.29 is 4.74 Å². The number of aromatic nitrogens is 5. The summed E-state index contributed by atoms with van der Waals surface area (Å²) in [6, 6.07) is 7.83. The molecular weight excluding hydrogens is 402 g/mol. The summed E-state index contributed by atoms with van der Waals surface area (Å²) >= 11 is 0. The van der Waals surface area contributed by atoms with Crippen molar-refractivity contribution in [1.29, 1.82) is 0 Å². The van der Waals surface area contributed by atoms with Crippen LogP contribution in [0.5, 0.6) is 0 Å². The van der Waals surface area contributed by atoms with Crippen molar-refractivity contribution in [3.8, 4) is 0 Å². The standard InChI is InChI=1S/C25H31N5O2/c1-2-3-4-5-6-9-14-30-23-21(22-24(30)28-20-13-8-7-12-19(20)27-22)25(31)29(17-26-23)16-18-11-10-15-32-18/h7-8,12-13,17-18H,2-6,9-11,14-16H2,1H3/t18-/m1/s1. The summed E-state index contributed by atoms with van der Waals surface area (Å²) in [6.45, 7) is 4.33. The molecule has 1 aromatic carbocycles. The number of unbranched alkanes of at least 4 members (excludes halogenated alkanes) is 5. The lowest BCUT2D eigenvalue weighted by molar-refractivity contribution is 0.0960. The zero-order valence-corrected chi connectivity index (χ0v) is 18.8. The van der Waals surface area contributed by atoms with E-state index in [2.05, 4.69) is 11.5 Å². The van der Waals surface area contributed by atoms with Crippen molar-refractivity contribution in [3.05, 3.63) is 40.9 Å². The third kappa shape index (κ3) is 4.01. The first kappa shape index (κ1) is 21.1. The van der Waals surface area contributed by atoms with Gasteiger partial charge in [0.2, 0.25) is 0 Å². The Labute approximate surface area is 187 Å². The van der Waals surface area contributed by atoms with Gasteiger partial charge in [-0.25, -0.2) is 15.0 Å². The van der Waals surface area contributed by atoms with E-state index < -0.39 is 0 Å². The topological polar surface area (TPSA) is 74.8 Å². The molecule has 5 rings (SSSR count). The van der Waals surface area contributed by atoms with Gasteiger partial charge in [-0.15, -0.1) is 0 Å².